The predicted molar refractivity (Wildman–Crippen MR) is 257 cm³/mol. The number of hydrogen-bond acceptors (Lipinski definition) is 24. The van der Waals surface area contributed by atoms with E-state index in [1.807, 2.05) is 0 Å². The van der Waals surface area contributed by atoms with Crippen LogP contribution >= 0.6 is 0 Å². The molecule has 0 saturated heterocycles. The maximum Gasteiger partial charge on any atom is 0.389 e. The lowest BCUT2D eigenvalue weighted by Crippen LogP contribution is -2.55. The van der Waals surface area contributed by atoms with E-state index in [0.717, 1.165) is 56.9 Å². The highest BCUT2D eigenvalue weighted by Gasteiger charge is 2.54. The monoisotopic (exact) mass is 1270 g/mol. The van der Waals surface area contributed by atoms with Crippen LogP contribution in [0.15, 0.2) is 0 Å². The van der Waals surface area contributed by atoms with Gasteiger partial charge < -0.3 is 76.9 Å². The Hall–Kier alpha value is -8.62. The van der Waals surface area contributed by atoms with E-state index in [1.54, 1.807) is 0 Å². The first-order valence-corrected chi connectivity index (χ1v) is 24.0. The van der Waals surface area contributed by atoms with Gasteiger partial charge in [-0.2, -0.15) is 39.5 Å². The molecule has 0 bridgehead atoms. The Kier molecular flexibility index (Phi) is 32.6. The summed E-state index contributed by atoms with van der Waals surface area (Å²) in [5.41, 5.74) is -3.98. The molecule has 0 spiro atoms. The Morgan fingerprint density at radius 3 is 0.558 bits per heavy atom. The number of nitrogens with zero attached hydrogens (tertiary/aromatic N) is 7. The third kappa shape index (κ3) is 30.8. The van der Waals surface area contributed by atoms with Crippen LogP contribution in [0.3, 0.4) is 0 Å². The van der Waals surface area contributed by atoms with Crippen molar-refractivity contribution >= 4 is 89.1 Å². The summed E-state index contributed by atoms with van der Waals surface area (Å²) in [6.07, 6.45) is -25.9. The smallest absolute Gasteiger partial charge is 0.389 e. The van der Waals surface area contributed by atoms with E-state index in [1.165, 1.54) is 0 Å². The number of carbonyl (C=O) groups is 15. The number of alkyl halides is 9. The zero-order valence-electron chi connectivity index (χ0n) is 47.3. The minimum Gasteiger partial charge on any atom is -0.468 e. The average molecular weight is 1270 g/mol. The van der Waals surface area contributed by atoms with E-state index in [-0.39, 0.29) is 14.7 Å². The molecule has 0 rings (SSSR count). The summed E-state index contributed by atoms with van der Waals surface area (Å²) in [4.78, 5) is 199. The molecular weight excluding hydrogens is 1210 g/mol. The lowest BCUT2D eigenvalue weighted by Gasteiger charge is -2.36. The number of carbonyl (C=O) groups excluding carboxylic acids is 15. The molecule has 0 radical (unpaired) electrons. The minimum atomic E-state index is -5.79. The molecule has 0 aromatic rings. The molecule has 31 nitrogen and oxygen atoms in total. The summed E-state index contributed by atoms with van der Waals surface area (Å²) in [6.45, 7) is -22.8. The molecule has 0 aliphatic rings. The van der Waals surface area contributed by atoms with Gasteiger partial charge in [-0.3, -0.25) is 71.9 Å². The van der Waals surface area contributed by atoms with Crippen LogP contribution in [0.1, 0.15) is 19.3 Å². The van der Waals surface area contributed by atoms with Crippen molar-refractivity contribution in [1.82, 2.24) is 34.3 Å². The second-order valence-electron chi connectivity index (χ2n) is 17.7. The van der Waals surface area contributed by atoms with E-state index < -0.39 is 237 Å². The van der Waals surface area contributed by atoms with Gasteiger partial charge in [-0.25, -0.2) is 0 Å². The molecule has 0 saturated carbocycles. The average Bonchev–Trinajstić information content (AvgIpc) is 3.41. The molecule has 0 aromatic heterocycles. The summed E-state index contributed by atoms with van der Waals surface area (Å²) in [5, 5.41) is 0. The summed E-state index contributed by atoms with van der Waals surface area (Å²) in [7, 11) is 6.58. The molecule has 0 heterocycles. The van der Waals surface area contributed by atoms with Gasteiger partial charge in [0.2, 0.25) is 41.4 Å². The fourth-order valence-corrected chi connectivity index (χ4v) is 7.03. The standard InChI is InChI=1S/C46H62F9N7O24/c1-78-35(70)15-59(16-36(71)79-2)30(65)9-56(10-31(66)60(17-37(72)80-3)18-38(73)81-4)28(63)13-58(34(69)23-86-27-43(24-44(47,48)49,25-45(50,51)52)26-46(53,54)55)14-29(64)57(11-32(67)61(19-39(74)82-5)20-40(75)83-6)12-33(68)62(21-41(76)84-7)22-42(77)85-8/h9-27H2,1-8H3. The van der Waals surface area contributed by atoms with Crippen molar-refractivity contribution in [3.05, 3.63) is 0 Å². The highest BCUT2D eigenvalue weighted by Crippen LogP contribution is 2.48. The van der Waals surface area contributed by atoms with Crippen LogP contribution < -0.4 is 0 Å². The number of halogens is 9. The number of amides is 7. The van der Waals surface area contributed by atoms with Gasteiger partial charge in [0.1, 0.15) is 98.2 Å². The summed E-state index contributed by atoms with van der Waals surface area (Å²) >= 11 is 0. The van der Waals surface area contributed by atoms with Crippen molar-refractivity contribution in [1.29, 1.82) is 0 Å². The molecule has 0 aromatic carbocycles. The van der Waals surface area contributed by atoms with Gasteiger partial charge in [-0.15, -0.1) is 0 Å². The van der Waals surface area contributed by atoms with Crippen LogP contribution in [-0.4, -0.2) is 304 Å². The Balaban J connectivity index is 8.54. The first kappa shape index (κ1) is 77.4. The molecule has 86 heavy (non-hydrogen) atoms. The lowest BCUT2D eigenvalue weighted by atomic mass is 9.78. The second kappa shape index (κ2) is 36.3. The topological polar surface area (TPSA) is 362 Å². The second-order valence-corrected chi connectivity index (χ2v) is 17.7. The first-order valence-electron chi connectivity index (χ1n) is 24.0. The van der Waals surface area contributed by atoms with Crippen molar-refractivity contribution in [2.45, 2.75) is 37.8 Å². The van der Waals surface area contributed by atoms with Gasteiger partial charge in [0.15, 0.2) is 0 Å². The first-order chi connectivity index (χ1) is 39.7. The van der Waals surface area contributed by atoms with Crippen molar-refractivity contribution in [3.8, 4) is 0 Å². The minimum absolute atomic E-state index is 0.0871. The maximum atomic E-state index is 14.6. The van der Waals surface area contributed by atoms with Gasteiger partial charge in [0.05, 0.1) is 82.7 Å². The SMILES string of the molecule is COC(=O)CN(CC(=O)OC)C(=O)CN(CC(=O)N(CC(=O)OC)CC(=O)OC)C(=O)CN(CC(=O)N(CC(=O)N(CC(=O)OC)CC(=O)OC)CC(=O)N(CC(=O)OC)CC(=O)OC)C(=O)COCC(CC(F)(F)F)(CC(F)(F)F)CC(F)(F)F. The van der Waals surface area contributed by atoms with Crippen LogP contribution in [0.5, 0.6) is 0 Å². The fraction of sp³-hybridized carbons (Fsp3) is 0.674. The summed E-state index contributed by atoms with van der Waals surface area (Å²) in [6, 6.07) is 0. The van der Waals surface area contributed by atoms with Crippen LogP contribution in [0.4, 0.5) is 39.5 Å². The van der Waals surface area contributed by atoms with E-state index in [4.69, 9.17) is 4.74 Å². The number of hydrogen-bond donors (Lipinski definition) is 0. The molecule has 0 N–H and O–H groups in total. The largest absolute Gasteiger partial charge is 0.468 e. The Morgan fingerprint density at radius 2 is 0.407 bits per heavy atom. The third-order valence-corrected chi connectivity index (χ3v) is 11.2. The van der Waals surface area contributed by atoms with Crippen LogP contribution in [0.25, 0.3) is 0 Å². The molecule has 0 fully saturated rings. The molecule has 0 aliphatic carbocycles. The lowest BCUT2D eigenvalue weighted by molar-refractivity contribution is -0.236. The summed E-state index contributed by atoms with van der Waals surface area (Å²) < 4.78 is 165. The van der Waals surface area contributed by atoms with Gasteiger partial charge >= 0.3 is 66.3 Å². The number of rotatable bonds is 35. The van der Waals surface area contributed by atoms with Crippen molar-refractivity contribution < 1.29 is 154 Å². The van der Waals surface area contributed by atoms with Crippen molar-refractivity contribution in [2.24, 2.45) is 5.41 Å². The number of esters is 8. The molecule has 488 valence electrons. The number of ether oxygens (including phenoxy) is 9. The Labute approximate surface area is 481 Å². The molecule has 0 atom stereocenters. The van der Waals surface area contributed by atoms with E-state index in [2.05, 4.69) is 37.9 Å². The number of methoxy groups -OCH3 is 8. The predicted octanol–water partition coefficient (Wildman–Crippen LogP) is -2.97. The molecular formula is C46H62F9N7O24. The van der Waals surface area contributed by atoms with Crippen LogP contribution in [-0.2, 0) is 115 Å². The van der Waals surface area contributed by atoms with E-state index >= 15 is 0 Å². The van der Waals surface area contributed by atoms with Crippen LogP contribution in [0, 0.1) is 5.41 Å². The third-order valence-electron chi connectivity index (χ3n) is 11.2. The zero-order chi connectivity index (χ0) is 66.5. The molecule has 0 unspecified atom stereocenters. The maximum absolute atomic E-state index is 14.6. The Bertz CT molecular complexity index is 2100. The Morgan fingerprint density at radius 1 is 0.256 bits per heavy atom. The van der Waals surface area contributed by atoms with Crippen molar-refractivity contribution in [3.63, 3.8) is 0 Å². The zero-order valence-corrected chi connectivity index (χ0v) is 47.3. The van der Waals surface area contributed by atoms with Gasteiger partial charge in [0.25, 0.3) is 0 Å². The quantitative estimate of drug-likeness (QED) is 0.0347. The molecule has 0 aliphatic heterocycles. The van der Waals surface area contributed by atoms with Crippen LogP contribution in [0.2, 0.25) is 0 Å². The van der Waals surface area contributed by atoms with E-state index in [9.17, 15) is 111 Å². The van der Waals surface area contributed by atoms with Gasteiger partial charge in [-0.05, 0) is 0 Å². The normalized spacial score (nSPS) is 11.3. The summed E-state index contributed by atoms with van der Waals surface area (Å²) in [5.74, 6) is -21.4. The van der Waals surface area contributed by atoms with Crippen molar-refractivity contribution in [2.75, 3.05) is 162 Å². The fourth-order valence-electron chi connectivity index (χ4n) is 7.03. The van der Waals surface area contributed by atoms with E-state index in [0.29, 0.717) is 19.6 Å². The highest BCUT2D eigenvalue weighted by molar-refractivity contribution is 5.97. The highest BCUT2D eigenvalue weighted by atomic mass is 19.4. The van der Waals surface area contributed by atoms with Gasteiger partial charge in [0, 0.05) is 5.41 Å². The molecule has 40 heteroatoms. The van der Waals surface area contributed by atoms with Gasteiger partial charge in [-0.1, -0.05) is 0 Å². The molecule has 7 amide bonds.